The zero-order valence-electron chi connectivity index (χ0n) is 24.7. The topological polar surface area (TPSA) is 205 Å². The van der Waals surface area contributed by atoms with Gasteiger partial charge in [0.15, 0.2) is 23.5 Å². The minimum absolute atomic E-state index is 0.0896. The van der Waals surface area contributed by atoms with Crippen molar-refractivity contribution >= 4 is 42.5 Å². The van der Waals surface area contributed by atoms with Gasteiger partial charge in [0, 0.05) is 11.4 Å². The summed E-state index contributed by atoms with van der Waals surface area (Å²) in [6.45, 7) is 6.65. The van der Waals surface area contributed by atoms with Crippen molar-refractivity contribution in [2.75, 3.05) is 25.6 Å². The van der Waals surface area contributed by atoms with E-state index in [1.54, 1.807) is 45.0 Å². The number of carbonyl (C=O) groups excluding carboxylic acids is 1. The molecule has 0 aliphatic carbocycles. The molecule has 2 fully saturated rings. The summed E-state index contributed by atoms with van der Waals surface area (Å²) in [5.41, 5.74) is 11.3. The maximum atomic E-state index is 13.6. The normalized spacial score (nSPS) is 29.6. The van der Waals surface area contributed by atoms with Crippen LogP contribution in [0.3, 0.4) is 0 Å². The van der Waals surface area contributed by atoms with Gasteiger partial charge >= 0.3 is 13.8 Å². The van der Waals surface area contributed by atoms with E-state index in [4.69, 9.17) is 50.9 Å². The van der Waals surface area contributed by atoms with Gasteiger partial charge in [-0.1, -0.05) is 37.6 Å². The van der Waals surface area contributed by atoms with Gasteiger partial charge in [-0.3, -0.25) is 22.9 Å². The molecule has 5 rings (SSSR count). The summed E-state index contributed by atoms with van der Waals surface area (Å²) in [6.07, 6.45) is -2.55. The highest BCUT2D eigenvalue weighted by Gasteiger charge is 2.57. The Morgan fingerprint density at radius 2 is 2.11 bits per heavy atom. The number of imidazole rings is 1. The highest BCUT2D eigenvalue weighted by molar-refractivity contribution is 7.48. The molecule has 0 saturated carbocycles. The zero-order chi connectivity index (χ0) is 31.8. The van der Waals surface area contributed by atoms with E-state index < -0.39 is 56.6 Å². The Hall–Kier alpha value is -2.88. The molecule has 5 N–H and O–H groups in total. The summed E-state index contributed by atoms with van der Waals surface area (Å²) in [4.78, 5) is 25.7. The number of halogens is 1. The van der Waals surface area contributed by atoms with Crippen molar-refractivity contribution in [2.45, 2.75) is 70.3 Å². The summed E-state index contributed by atoms with van der Waals surface area (Å²) in [5, 5.41) is 12.3. The van der Waals surface area contributed by atoms with E-state index in [9.17, 15) is 14.5 Å². The number of rotatable bonds is 10. The van der Waals surface area contributed by atoms with E-state index in [2.05, 4.69) is 15.0 Å². The molecule has 1 aromatic carbocycles. The first-order valence-electron chi connectivity index (χ1n) is 14.1. The van der Waals surface area contributed by atoms with Gasteiger partial charge in [-0.15, -0.1) is 0 Å². The van der Waals surface area contributed by atoms with E-state index in [1.807, 2.05) is 0 Å². The van der Waals surface area contributed by atoms with Crippen LogP contribution in [0.25, 0.3) is 11.2 Å². The predicted octanol–water partition coefficient (Wildman–Crippen LogP) is 3.31. The van der Waals surface area contributed by atoms with E-state index >= 15 is 0 Å². The number of fused-ring (bicyclic) bond motifs is 1. The fourth-order valence-corrected chi connectivity index (χ4v) is 6.62. The number of esters is 1. The molecule has 2 aliphatic heterocycles. The van der Waals surface area contributed by atoms with Gasteiger partial charge in [0.2, 0.25) is 11.8 Å². The number of aliphatic hydroxyl groups is 1. The molecule has 3 aromatic rings. The van der Waals surface area contributed by atoms with E-state index in [-0.39, 0.29) is 35.5 Å². The third-order valence-corrected chi connectivity index (χ3v) is 9.11. The number of hydrogen-bond acceptors (Lipinski definition) is 14. The van der Waals surface area contributed by atoms with Crippen molar-refractivity contribution in [3.8, 4) is 5.88 Å². The average molecular weight is 655 g/mol. The third kappa shape index (κ3) is 6.56. The van der Waals surface area contributed by atoms with Gasteiger partial charge in [-0.05, 0) is 37.5 Å². The maximum absolute atomic E-state index is 13.6. The lowest BCUT2D eigenvalue weighted by Gasteiger charge is -2.32. The average Bonchev–Trinajstić information content (AvgIpc) is 3.49. The number of carbonyl (C=O) groups is 1. The number of anilines is 1. The molecular weight excluding hydrogens is 619 g/mol. The second-order valence-electron chi connectivity index (χ2n) is 11.0. The molecule has 0 amide bonds. The maximum Gasteiger partial charge on any atom is 0.475 e. The van der Waals surface area contributed by atoms with Crippen LogP contribution < -0.4 is 16.2 Å². The molecule has 15 nitrogen and oxygen atoms in total. The smallest absolute Gasteiger partial charge is 0.475 e. The number of ether oxygens (including phenoxy) is 3. The molecule has 17 heteroatoms. The number of aromatic nitrogens is 4. The largest absolute Gasteiger partial charge is 0.476 e. The zero-order valence-corrected chi connectivity index (χ0v) is 26.3. The van der Waals surface area contributed by atoms with E-state index in [0.717, 1.165) is 0 Å². The molecular formula is C27H36ClN6O9P. The number of nitrogen functional groups attached to an aromatic ring is 1. The van der Waals surface area contributed by atoms with Crippen LogP contribution in [0.4, 0.5) is 5.95 Å². The van der Waals surface area contributed by atoms with Gasteiger partial charge in [-0.2, -0.15) is 9.97 Å². The number of nitrogens with two attached hydrogens (primary N) is 2. The van der Waals surface area contributed by atoms with Crippen LogP contribution in [-0.2, 0) is 32.4 Å². The van der Waals surface area contributed by atoms with E-state index in [0.29, 0.717) is 23.6 Å². The molecule has 44 heavy (non-hydrogen) atoms. The fourth-order valence-electron chi connectivity index (χ4n) is 5.03. The minimum Gasteiger partial charge on any atom is -0.476 e. The van der Waals surface area contributed by atoms with Crippen LogP contribution in [0.1, 0.15) is 52.0 Å². The number of nitrogens with zero attached hydrogens (tertiary/aromatic N) is 4. The first kappa shape index (κ1) is 32.5. The Kier molecular flexibility index (Phi) is 9.50. The van der Waals surface area contributed by atoms with Crippen molar-refractivity contribution in [1.82, 2.24) is 19.5 Å². The van der Waals surface area contributed by atoms with Gasteiger partial charge in [0.05, 0.1) is 32.3 Å². The van der Waals surface area contributed by atoms with Crippen molar-refractivity contribution in [3.05, 3.63) is 41.2 Å². The van der Waals surface area contributed by atoms with Crippen molar-refractivity contribution < 1.29 is 42.2 Å². The summed E-state index contributed by atoms with van der Waals surface area (Å²) in [6, 6.07) is 6.00. The van der Waals surface area contributed by atoms with Gasteiger partial charge in [0.1, 0.15) is 17.7 Å². The fraction of sp³-hybridized carbons (Fsp3) is 0.556. The third-order valence-electron chi connectivity index (χ3n) is 7.39. The minimum atomic E-state index is -4.12. The molecule has 2 saturated heterocycles. The predicted molar refractivity (Wildman–Crippen MR) is 158 cm³/mol. The first-order valence-corrected chi connectivity index (χ1v) is 16.0. The molecule has 240 valence electrons. The Labute approximate surface area is 258 Å². The summed E-state index contributed by atoms with van der Waals surface area (Å²) < 4.78 is 49.4. The number of phosphoric ester groups is 1. The molecule has 2 aliphatic rings. The van der Waals surface area contributed by atoms with Crippen LogP contribution in [0, 0.1) is 5.92 Å². The molecule has 0 unspecified atom stereocenters. The van der Waals surface area contributed by atoms with Crippen LogP contribution in [0.5, 0.6) is 5.88 Å². The quantitative estimate of drug-likeness (QED) is 0.212. The molecule has 2 aromatic heterocycles. The Balaban J connectivity index is 1.43. The molecule has 0 spiro atoms. The Morgan fingerprint density at radius 1 is 1.34 bits per heavy atom. The second kappa shape index (κ2) is 12.9. The lowest BCUT2D eigenvalue weighted by atomic mass is 9.95. The lowest BCUT2D eigenvalue weighted by molar-refractivity contribution is -0.166. The van der Waals surface area contributed by atoms with Crippen molar-refractivity contribution in [2.24, 2.45) is 11.7 Å². The number of phosphoric acid groups is 1. The van der Waals surface area contributed by atoms with Gasteiger partial charge < -0.3 is 30.8 Å². The number of benzene rings is 1. The highest BCUT2D eigenvalue weighted by atomic mass is 35.5. The van der Waals surface area contributed by atoms with Crippen LogP contribution in [0.2, 0.25) is 5.02 Å². The van der Waals surface area contributed by atoms with Crippen LogP contribution >= 0.6 is 19.4 Å². The highest BCUT2D eigenvalue weighted by Crippen LogP contribution is 2.57. The van der Waals surface area contributed by atoms with Gasteiger partial charge in [0.25, 0.3) is 0 Å². The first-order chi connectivity index (χ1) is 20.8. The van der Waals surface area contributed by atoms with Crippen LogP contribution in [-0.4, -0.2) is 74.3 Å². The molecule has 7 atom stereocenters. The second-order valence-corrected chi connectivity index (χ2v) is 13.1. The monoisotopic (exact) mass is 654 g/mol. The summed E-state index contributed by atoms with van der Waals surface area (Å²) in [5.74, 6) is -0.961. The number of hydrogen-bond donors (Lipinski definition) is 3. The Morgan fingerprint density at radius 3 is 2.82 bits per heavy atom. The standard InChI is InChI=1S/C27H36ClN6O9P/c1-5-38-23-20-22(32-26(30)33-23)34(13-31-20)25-27(4,36)21(42-24(35)19(29)14(2)3)18(41-25)12-40-44(37)39-10-9-17(43-44)15-7-6-8-16(28)11-15/h6-8,11,13-14,17-19,21,25,36H,5,9-10,12,29H2,1-4H3,(H2,30,32,33)/t17-,18+,19-,21+,25+,27+,44+/m0/s1. The summed E-state index contributed by atoms with van der Waals surface area (Å²) >= 11 is 6.13. The molecule has 4 heterocycles. The molecule has 0 bridgehead atoms. The van der Waals surface area contributed by atoms with Crippen molar-refractivity contribution in [1.29, 1.82) is 0 Å². The lowest BCUT2D eigenvalue weighted by Crippen LogP contribution is -2.50. The van der Waals surface area contributed by atoms with E-state index in [1.165, 1.54) is 17.8 Å². The Bertz CT molecular complexity index is 1560. The SMILES string of the molecule is CCOc1nc(N)nc2c1ncn2[C@@H]1O[C@H](CO[P@@]2(=O)OCC[C@@H](c3cccc(Cl)c3)O2)[C@@H](OC(=O)[C@@H](N)C(C)C)[C@@]1(C)O. The van der Waals surface area contributed by atoms with Crippen molar-refractivity contribution in [3.63, 3.8) is 0 Å². The van der Waals surface area contributed by atoms with Crippen LogP contribution in [0.15, 0.2) is 30.6 Å². The summed E-state index contributed by atoms with van der Waals surface area (Å²) in [7, 11) is -4.12. The van der Waals surface area contributed by atoms with Gasteiger partial charge in [-0.25, -0.2) is 9.55 Å². The molecule has 0 radical (unpaired) electrons.